The Balaban J connectivity index is 1.78. The second-order valence-electron chi connectivity index (χ2n) is 5.44. The average molecular weight is 374 g/mol. The van der Waals surface area contributed by atoms with Gasteiger partial charge >= 0.3 is 0 Å². The van der Waals surface area contributed by atoms with Crippen molar-refractivity contribution in [2.45, 2.75) is 19.9 Å². The quantitative estimate of drug-likeness (QED) is 0.718. The number of oxazole rings is 1. The second-order valence-corrected chi connectivity index (χ2v) is 6.36. The number of nitrogens with zero attached hydrogens (tertiary/aromatic N) is 2. The first-order valence-corrected chi connectivity index (χ1v) is 8.01. The number of carbonyl (C=O) groups excluding carboxylic acids is 1. The lowest BCUT2D eigenvalue weighted by Gasteiger charge is -2.12. The number of nitrogens with one attached hydrogen (secondary N) is 1. The number of carbonyl (C=O) groups is 1. The van der Waals surface area contributed by atoms with Gasteiger partial charge < -0.3 is 14.3 Å². The number of hydrogen-bond donors (Lipinski definition) is 1. The van der Waals surface area contributed by atoms with E-state index >= 15 is 0 Å². The van der Waals surface area contributed by atoms with Crippen LogP contribution in [0, 0.1) is 0 Å². The summed E-state index contributed by atoms with van der Waals surface area (Å²) in [4.78, 5) is 16.4. The van der Waals surface area contributed by atoms with Crippen LogP contribution in [0.3, 0.4) is 0 Å². The van der Waals surface area contributed by atoms with Gasteiger partial charge in [-0.15, -0.1) is 0 Å². The van der Waals surface area contributed by atoms with Crippen molar-refractivity contribution in [3.05, 3.63) is 59.3 Å². The molecule has 3 aromatic rings. The van der Waals surface area contributed by atoms with E-state index in [9.17, 15) is 4.79 Å². The minimum Gasteiger partial charge on any atom is -0.444 e. The van der Waals surface area contributed by atoms with Gasteiger partial charge in [-0.1, -0.05) is 0 Å². The summed E-state index contributed by atoms with van der Waals surface area (Å²) in [7, 11) is 0. The van der Waals surface area contributed by atoms with Crippen molar-refractivity contribution in [2.75, 3.05) is 5.32 Å². The Bertz CT molecular complexity index is 805. The topological polar surface area (TPSA) is 60.1 Å². The molecule has 0 saturated carbocycles. The molecule has 1 aromatic carbocycles. The highest BCUT2D eigenvalue weighted by Crippen LogP contribution is 2.23. The molecule has 2 aromatic heterocycles. The molecule has 6 heteroatoms. The fourth-order valence-corrected chi connectivity index (χ4v) is 2.76. The Morgan fingerprint density at radius 3 is 2.65 bits per heavy atom. The summed E-state index contributed by atoms with van der Waals surface area (Å²) in [5, 5.41) is 2.91. The normalized spacial score (nSPS) is 11.0. The van der Waals surface area contributed by atoms with Crippen molar-refractivity contribution in [1.29, 1.82) is 0 Å². The van der Waals surface area contributed by atoms with E-state index < -0.39 is 0 Å². The smallest absolute Gasteiger partial charge is 0.272 e. The Kier molecular flexibility index (Phi) is 4.34. The zero-order valence-corrected chi connectivity index (χ0v) is 14.4. The standard InChI is InChI=1S/C17H16BrN3O2/c1-11(2)21-9-13(18)7-15(21)17(22)20-14-5-3-12(4-6-14)16-8-19-10-23-16/h3-11H,1-2H3,(H,20,22). The van der Waals surface area contributed by atoms with Crippen molar-refractivity contribution in [1.82, 2.24) is 9.55 Å². The van der Waals surface area contributed by atoms with Crippen LogP contribution in [0.5, 0.6) is 0 Å². The van der Waals surface area contributed by atoms with Gasteiger partial charge in [-0.3, -0.25) is 4.79 Å². The Morgan fingerprint density at radius 2 is 2.04 bits per heavy atom. The fraction of sp³-hybridized carbons (Fsp3) is 0.176. The minimum absolute atomic E-state index is 0.142. The summed E-state index contributed by atoms with van der Waals surface area (Å²) in [6.07, 6.45) is 4.95. The second kappa shape index (κ2) is 6.42. The lowest BCUT2D eigenvalue weighted by Crippen LogP contribution is -2.17. The van der Waals surface area contributed by atoms with E-state index in [1.165, 1.54) is 6.39 Å². The van der Waals surface area contributed by atoms with Gasteiger partial charge in [0.15, 0.2) is 12.2 Å². The van der Waals surface area contributed by atoms with Crippen LogP contribution in [0.15, 0.2) is 58.0 Å². The first-order chi connectivity index (χ1) is 11.0. The van der Waals surface area contributed by atoms with Crippen LogP contribution in [0.2, 0.25) is 0 Å². The zero-order valence-electron chi connectivity index (χ0n) is 12.8. The molecule has 1 N–H and O–H groups in total. The van der Waals surface area contributed by atoms with Gasteiger partial charge in [0.05, 0.1) is 6.20 Å². The molecule has 0 spiro atoms. The van der Waals surface area contributed by atoms with E-state index in [1.807, 2.05) is 54.9 Å². The van der Waals surface area contributed by atoms with Gasteiger partial charge in [0.2, 0.25) is 0 Å². The highest BCUT2D eigenvalue weighted by atomic mass is 79.9. The average Bonchev–Trinajstić information content (AvgIpc) is 3.17. The summed E-state index contributed by atoms with van der Waals surface area (Å²) in [5.41, 5.74) is 2.26. The SMILES string of the molecule is CC(C)n1cc(Br)cc1C(=O)Nc1ccc(-c2cnco2)cc1. The first-order valence-electron chi connectivity index (χ1n) is 7.22. The van der Waals surface area contributed by atoms with Gasteiger partial charge in [0, 0.05) is 28.0 Å². The highest BCUT2D eigenvalue weighted by molar-refractivity contribution is 9.10. The maximum Gasteiger partial charge on any atom is 0.272 e. The Hall–Kier alpha value is -2.34. The predicted octanol–water partition coefficient (Wildman–Crippen LogP) is 4.74. The molecule has 0 radical (unpaired) electrons. The van der Waals surface area contributed by atoms with Gasteiger partial charge in [0.1, 0.15) is 5.69 Å². The van der Waals surface area contributed by atoms with E-state index in [1.54, 1.807) is 6.20 Å². The largest absolute Gasteiger partial charge is 0.444 e. The molecule has 0 unspecified atom stereocenters. The van der Waals surface area contributed by atoms with E-state index in [4.69, 9.17) is 4.42 Å². The van der Waals surface area contributed by atoms with E-state index in [0.29, 0.717) is 11.5 Å². The van der Waals surface area contributed by atoms with Crippen LogP contribution < -0.4 is 5.32 Å². The number of aromatic nitrogens is 2. The molecule has 118 valence electrons. The summed E-state index contributed by atoms with van der Waals surface area (Å²) >= 11 is 3.42. The van der Waals surface area contributed by atoms with Crippen LogP contribution >= 0.6 is 15.9 Å². The molecular formula is C17H16BrN3O2. The van der Waals surface area contributed by atoms with Gasteiger partial charge in [0.25, 0.3) is 5.91 Å². The third-order valence-electron chi connectivity index (χ3n) is 3.46. The van der Waals surface area contributed by atoms with Crippen molar-refractivity contribution in [3.8, 4) is 11.3 Å². The third-order valence-corrected chi connectivity index (χ3v) is 3.90. The van der Waals surface area contributed by atoms with Crippen molar-refractivity contribution < 1.29 is 9.21 Å². The van der Waals surface area contributed by atoms with Crippen LogP contribution in [0.1, 0.15) is 30.4 Å². The number of rotatable bonds is 4. The molecule has 0 saturated heterocycles. The van der Waals surface area contributed by atoms with Gasteiger partial charge in [-0.25, -0.2) is 4.98 Å². The predicted molar refractivity (Wildman–Crippen MR) is 92.4 cm³/mol. The molecule has 0 bridgehead atoms. The summed E-state index contributed by atoms with van der Waals surface area (Å²) in [6.45, 7) is 4.07. The third kappa shape index (κ3) is 3.37. The maximum atomic E-state index is 12.5. The van der Waals surface area contributed by atoms with Crippen LogP contribution in [0.25, 0.3) is 11.3 Å². The molecule has 0 aliphatic carbocycles. The number of halogens is 1. The minimum atomic E-state index is -0.142. The van der Waals surface area contributed by atoms with E-state index in [-0.39, 0.29) is 11.9 Å². The van der Waals surface area contributed by atoms with Gasteiger partial charge in [-0.2, -0.15) is 0 Å². The van der Waals surface area contributed by atoms with E-state index in [0.717, 1.165) is 15.7 Å². The molecule has 0 aliphatic rings. The van der Waals surface area contributed by atoms with Crippen LogP contribution in [-0.2, 0) is 0 Å². The van der Waals surface area contributed by atoms with Crippen LogP contribution in [-0.4, -0.2) is 15.5 Å². The van der Waals surface area contributed by atoms with Crippen molar-refractivity contribution in [2.24, 2.45) is 0 Å². The summed E-state index contributed by atoms with van der Waals surface area (Å²) < 4.78 is 8.07. The number of anilines is 1. The molecule has 0 atom stereocenters. The molecule has 0 aliphatic heterocycles. The number of hydrogen-bond acceptors (Lipinski definition) is 3. The molecule has 3 rings (SSSR count). The van der Waals surface area contributed by atoms with Crippen molar-refractivity contribution in [3.63, 3.8) is 0 Å². The molecule has 5 nitrogen and oxygen atoms in total. The fourth-order valence-electron chi connectivity index (χ4n) is 2.33. The maximum absolute atomic E-state index is 12.5. The molecule has 2 heterocycles. The molecular weight excluding hydrogens is 358 g/mol. The molecule has 0 fully saturated rings. The summed E-state index contributed by atoms with van der Waals surface area (Å²) in [6, 6.07) is 9.47. The molecule has 23 heavy (non-hydrogen) atoms. The Morgan fingerprint density at radius 1 is 1.30 bits per heavy atom. The summed E-state index contributed by atoms with van der Waals surface area (Å²) in [5.74, 6) is 0.553. The van der Waals surface area contributed by atoms with E-state index in [2.05, 4.69) is 26.2 Å². The zero-order chi connectivity index (χ0) is 16.4. The molecule has 1 amide bonds. The van der Waals surface area contributed by atoms with Gasteiger partial charge in [-0.05, 0) is 60.1 Å². The van der Waals surface area contributed by atoms with Crippen molar-refractivity contribution >= 4 is 27.5 Å². The van der Waals surface area contributed by atoms with Crippen LogP contribution in [0.4, 0.5) is 5.69 Å². The first kappa shape index (κ1) is 15.6. The number of amides is 1. The lowest BCUT2D eigenvalue weighted by molar-refractivity contribution is 0.101. The lowest BCUT2D eigenvalue weighted by atomic mass is 10.1. The highest BCUT2D eigenvalue weighted by Gasteiger charge is 2.15. The number of benzene rings is 1. The Labute approximate surface area is 142 Å². The monoisotopic (exact) mass is 373 g/mol.